The Morgan fingerprint density at radius 3 is 2.50 bits per heavy atom. The molecule has 0 radical (unpaired) electrons. The summed E-state index contributed by atoms with van der Waals surface area (Å²) in [6.07, 6.45) is 5.78. The molecule has 0 aromatic heterocycles. The molecule has 122 valence electrons. The summed E-state index contributed by atoms with van der Waals surface area (Å²) in [5.41, 5.74) is 0.768. The summed E-state index contributed by atoms with van der Waals surface area (Å²) in [5.74, 6) is 0. The van der Waals surface area contributed by atoms with Gasteiger partial charge in [0.2, 0.25) is 10.0 Å². The van der Waals surface area contributed by atoms with Gasteiger partial charge in [-0.1, -0.05) is 17.7 Å². The molecule has 0 saturated carbocycles. The van der Waals surface area contributed by atoms with Gasteiger partial charge in [0.05, 0.1) is 15.9 Å². The molecule has 0 bridgehead atoms. The molecule has 3 rings (SSSR count). The molecule has 2 atom stereocenters. The van der Waals surface area contributed by atoms with E-state index in [0.29, 0.717) is 11.4 Å². The van der Waals surface area contributed by atoms with Gasteiger partial charge in [0.1, 0.15) is 0 Å². The zero-order valence-corrected chi connectivity index (χ0v) is 14.8. The van der Waals surface area contributed by atoms with Crippen LogP contribution in [0.15, 0.2) is 29.2 Å². The second-order valence-electron chi connectivity index (χ2n) is 6.14. The van der Waals surface area contributed by atoms with Gasteiger partial charge in [-0.05, 0) is 51.0 Å². The van der Waals surface area contributed by atoms with E-state index in [2.05, 4.69) is 0 Å². The average molecular weight is 341 g/mol. The number of nitrogens with zero attached hydrogens (tertiary/aromatic N) is 1. The van der Waals surface area contributed by atoms with Gasteiger partial charge < -0.3 is 4.74 Å². The van der Waals surface area contributed by atoms with Crippen LogP contribution < -0.4 is 0 Å². The Labute approximate surface area is 137 Å². The van der Waals surface area contributed by atoms with Crippen LogP contribution in [0.25, 0.3) is 0 Å². The number of rotatable bonds is 3. The Kier molecular flexibility index (Phi) is 4.56. The van der Waals surface area contributed by atoms with Gasteiger partial charge in [0.25, 0.3) is 0 Å². The van der Waals surface area contributed by atoms with Crippen molar-refractivity contribution >= 4 is 21.8 Å². The third-order valence-electron chi connectivity index (χ3n) is 4.67. The van der Waals surface area contributed by atoms with E-state index < -0.39 is 10.0 Å². The predicted molar refractivity (Wildman–Crippen MR) is 89.5 cm³/mol. The molecule has 4 nitrogen and oxygen atoms in total. The smallest absolute Gasteiger partial charge is 0.244 e. The molecule has 1 aromatic rings. The third kappa shape index (κ3) is 2.70. The number of aryl methyl sites for hydroxylation is 1. The summed E-state index contributed by atoms with van der Waals surface area (Å²) in [5, 5.41) is -0.130. The maximum atomic E-state index is 13.1. The van der Waals surface area contributed by atoms with Crippen LogP contribution in [-0.4, -0.2) is 43.1 Å². The number of benzene rings is 1. The highest BCUT2D eigenvalue weighted by atomic mass is 32.2. The summed E-state index contributed by atoms with van der Waals surface area (Å²) in [6, 6.07) is 7.12. The summed E-state index contributed by atoms with van der Waals surface area (Å²) in [4.78, 5) is 0.382. The minimum atomic E-state index is -3.47. The highest BCUT2D eigenvalue weighted by Crippen LogP contribution is 2.45. The molecule has 2 fully saturated rings. The van der Waals surface area contributed by atoms with Crippen LogP contribution in [0, 0.1) is 6.92 Å². The topological polar surface area (TPSA) is 46.6 Å². The van der Waals surface area contributed by atoms with Crippen LogP contribution >= 0.6 is 11.8 Å². The summed E-state index contributed by atoms with van der Waals surface area (Å²) >= 11 is 1.60. The fourth-order valence-electron chi connectivity index (χ4n) is 3.57. The first-order valence-corrected chi connectivity index (χ1v) is 10.5. The Balaban J connectivity index is 1.96. The van der Waals surface area contributed by atoms with Gasteiger partial charge in [-0.3, -0.25) is 0 Å². The lowest BCUT2D eigenvalue weighted by atomic mass is 9.91. The Bertz CT molecular complexity index is 621. The average Bonchev–Trinajstić information content (AvgIpc) is 2.96. The standard InChI is InChI=1S/C16H23NO3S2/c1-13-5-7-14(8-6-13)22(18,19)17-11-3-9-16(15(17)21-2)10-4-12-20-16/h5-8,15H,3-4,9-12H2,1-2H3. The third-order valence-corrected chi connectivity index (χ3v) is 7.82. The van der Waals surface area contributed by atoms with Gasteiger partial charge in [-0.15, -0.1) is 11.8 Å². The zero-order chi connectivity index (χ0) is 15.8. The van der Waals surface area contributed by atoms with Gasteiger partial charge in [0.15, 0.2) is 0 Å². The van der Waals surface area contributed by atoms with Crippen molar-refractivity contribution in [2.24, 2.45) is 0 Å². The minimum absolute atomic E-state index is 0.130. The van der Waals surface area contributed by atoms with Gasteiger partial charge in [0, 0.05) is 13.2 Å². The van der Waals surface area contributed by atoms with E-state index in [9.17, 15) is 8.42 Å². The maximum Gasteiger partial charge on any atom is 0.244 e. The van der Waals surface area contributed by atoms with Crippen molar-refractivity contribution in [2.75, 3.05) is 19.4 Å². The van der Waals surface area contributed by atoms with Crippen molar-refractivity contribution in [3.05, 3.63) is 29.8 Å². The molecule has 6 heteroatoms. The van der Waals surface area contributed by atoms with E-state index in [1.54, 1.807) is 28.2 Å². The summed E-state index contributed by atoms with van der Waals surface area (Å²) in [6.45, 7) is 3.28. The maximum absolute atomic E-state index is 13.1. The van der Waals surface area contributed by atoms with Crippen LogP contribution in [0.3, 0.4) is 0 Å². The number of ether oxygens (including phenoxy) is 1. The van der Waals surface area contributed by atoms with Crippen molar-refractivity contribution < 1.29 is 13.2 Å². The van der Waals surface area contributed by atoms with Crippen LogP contribution in [0.2, 0.25) is 0 Å². The molecular weight excluding hydrogens is 318 g/mol. The summed E-state index contributed by atoms with van der Waals surface area (Å²) in [7, 11) is -3.47. The lowest BCUT2D eigenvalue weighted by Crippen LogP contribution is -2.56. The highest BCUT2D eigenvalue weighted by molar-refractivity contribution is 8.00. The van der Waals surface area contributed by atoms with Crippen molar-refractivity contribution in [3.63, 3.8) is 0 Å². The van der Waals surface area contributed by atoms with E-state index in [1.165, 1.54) is 0 Å². The quantitative estimate of drug-likeness (QED) is 0.848. The summed E-state index contributed by atoms with van der Waals surface area (Å²) < 4.78 is 33.8. The molecule has 0 N–H and O–H groups in total. The molecular formula is C16H23NO3S2. The fourth-order valence-corrected chi connectivity index (χ4v) is 6.81. The highest BCUT2D eigenvalue weighted by Gasteiger charge is 2.51. The molecule has 2 heterocycles. The lowest BCUT2D eigenvalue weighted by Gasteiger charge is -2.45. The second kappa shape index (κ2) is 6.15. The van der Waals surface area contributed by atoms with Gasteiger partial charge in [-0.2, -0.15) is 4.31 Å². The van der Waals surface area contributed by atoms with Crippen LogP contribution in [-0.2, 0) is 14.8 Å². The molecule has 0 amide bonds. The first kappa shape index (κ1) is 16.3. The number of piperidine rings is 1. The van der Waals surface area contributed by atoms with Crippen LogP contribution in [0.5, 0.6) is 0 Å². The predicted octanol–water partition coefficient (Wildman–Crippen LogP) is 3.02. The SMILES string of the molecule is CSC1N(S(=O)(=O)c2ccc(C)cc2)CCCC12CCCO2. The minimum Gasteiger partial charge on any atom is -0.372 e. The van der Waals surface area contributed by atoms with Crippen LogP contribution in [0.1, 0.15) is 31.2 Å². The monoisotopic (exact) mass is 341 g/mol. The van der Waals surface area contributed by atoms with Gasteiger partial charge >= 0.3 is 0 Å². The van der Waals surface area contributed by atoms with E-state index in [-0.39, 0.29) is 11.0 Å². The van der Waals surface area contributed by atoms with E-state index in [0.717, 1.165) is 37.9 Å². The molecule has 2 unspecified atom stereocenters. The molecule has 2 aliphatic rings. The Hall–Kier alpha value is -0.560. The van der Waals surface area contributed by atoms with E-state index >= 15 is 0 Å². The number of hydrogen-bond donors (Lipinski definition) is 0. The van der Waals surface area contributed by atoms with Crippen molar-refractivity contribution in [1.82, 2.24) is 4.31 Å². The van der Waals surface area contributed by atoms with E-state index in [4.69, 9.17) is 4.74 Å². The van der Waals surface area contributed by atoms with Crippen LogP contribution in [0.4, 0.5) is 0 Å². The van der Waals surface area contributed by atoms with Crippen molar-refractivity contribution in [2.45, 2.75) is 48.5 Å². The molecule has 2 saturated heterocycles. The first-order valence-electron chi connectivity index (χ1n) is 7.75. The van der Waals surface area contributed by atoms with Crippen molar-refractivity contribution in [3.8, 4) is 0 Å². The Morgan fingerprint density at radius 1 is 1.23 bits per heavy atom. The normalized spacial score (nSPS) is 30.0. The number of hydrogen-bond acceptors (Lipinski definition) is 4. The molecule has 1 aromatic carbocycles. The molecule has 22 heavy (non-hydrogen) atoms. The first-order chi connectivity index (χ1) is 10.5. The molecule has 0 aliphatic carbocycles. The number of sulfonamides is 1. The van der Waals surface area contributed by atoms with E-state index in [1.807, 2.05) is 25.3 Å². The molecule has 1 spiro atoms. The largest absolute Gasteiger partial charge is 0.372 e. The zero-order valence-electron chi connectivity index (χ0n) is 13.1. The Morgan fingerprint density at radius 2 is 1.91 bits per heavy atom. The molecule has 2 aliphatic heterocycles. The number of thioether (sulfide) groups is 1. The lowest BCUT2D eigenvalue weighted by molar-refractivity contribution is -0.0444. The fraction of sp³-hybridized carbons (Fsp3) is 0.625. The second-order valence-corrected chi connectivity index (χ2v) is 8.95. The van der Waals surface area contributed by atoms with Crippen molar-refractivity contribution in [1.29, 1.82) is 0 Å². The van der Waals surface area contributed by atoms with Gasteiger partial charge in [-0.25, -0.2) is 8.42 Å².